The predicted octanol–water partition coefficient (Wildman–Crippen LogP) is -0.673. The minimum atomic E-state index is -0.937. The van der Waals surface area contributed by atoms with Crippen LogP contribution in [0.25, 0.3) is 0 Å². The van der Waals surface area contributed by atoms with E-state index in [1.54, 1.807) is 4.90 Å². The van der Waals surface area contributed by atoms with Crippen LogP contribution in [0.2, 0.25) is 0 Å². The van der Waals surface area contributed by atoms with Gasteiger partial charge in [-0.05, 0) is 32.7 Å². The molecule has 14 heteroatoms. The number of nitrogens with one attached hydrogen (secondary N) is 1. The molecule has 1 aliphatic heterocycles. The molecule has 1 rings (SSSR count). The first-order valence-electron chi connectivity index (χ1n) is 14.0. The number of nitrogens with two attached hydrogens (primary N) is 1. The molecule has 0 aromatic carbocycles. The maximum Gasteiger partial charge on any atom is 0.317 e. The first kappa shape index (κ1) is 39.5. The molecule has 1 unspecified atom stereocenters. The largest absolute Gasteiger partial charge is 0.483 e. The summed E-state index contributed by atoms with van der Waals surface area (Å²) in [5.41, 5.74) is 5.73. The highest BCUT2D eigenvalue weighted by atomic mass is 16.4. The molecule has 6 N–H and O–H groups in total. The van der Waals surface area contributed by atoms with Crippen molar-refractivity contribution < 1.29 is 39.3 Å². The number of Topliss-reactive ketones (excluding diaryl/α,β-unsaturated/α-hetero) is 1. The molecule has 0 saturated carbocycles. The average Bonchev–Trinajstić information content (AvgIpc) is 2.89. The van der Waals surface area contributed by atoms with Gasteiger partial charge in [0.05, 0.1) is 25.7 Å². The molecule has 234 valence electrons. The minimum Gasteiger partial charge on any atom is -0.483 e. The molecule has 0 aromatic rings. The molecule has 1 heterocycles. The van der Waals surface area contributed by atoms with E-state index in [4.69, 9.17) is 15.6 Å². The van der Waals surface area contributed by atoms with Gasteiger partial charge in [-0.25, -0.2) is 0 Å². The number of amides is 1. The summed E-state index contributed by atoms with van der Waals surface area (Å²) in [6, 6.07) is -0.445. The summed E-state index contributed by atoms with van der Waals surface area (Å²) in [4.78, 5) is 62.6. The zero-order valence-electron chi connectivity index (χ0n) is 24.7. The van der Waals surface area contributed by atoms with Crippen molar-refractivity contribution in [3.63, 3.8) is 0 Å². The highest BCUT2D eigenvalue weighted by Gasteiger charge is 2.19. The van der Waals surface area contributed by atoms with Gasteiger partial charge in [-0.2, -0.15) is 0 Å². The van der Waals surface area contributed by atoms with Crippen molar-refractivity contribution in [2.45, 2.75) is 53.0 Å². The quantitative estimate of drug-likeness (QED) is 0.137. The molecule has 1 atom stereocenters. The number of hydrogen-bond acceptors (Lipinski definition) is 10. The molecule has 14 nitrogen and oxygen atoms in total. The van der Waals surface area contributed by atoms with Crippen LogP contribution < -0.4 is 11.1 Å². The van der Waals surface area contributed by atoms with E-state index in [0.717, 1.165) is 25.9 Å². The van der Waals surface area contributed by atoms with Crippen LogP contribution in [0, 0.1) is 0 Å². The standard InChI is InChI=1S/C23H44N6O6.C2H6.CH2O2/c1-3-26-8-10-27(16-21(31)25-7-5-4-6-20(24)19(2)30)12-13-29(18-23(34)35)15-14-28(11-9-26)17-22(32)33;1-2;2-1-3/h20H,3-18,24H2,1-2H3,(H,25,31)(H,32,33)(H,34,35);1-2H3;1H,(H,2,3). The lowest BCUT2D eigenvalue weighted by molar-refractivity contribution is -0.140. The monoisotopic (exact) mass is 576 g/mol. The van der Waals surface area contributed by atoms with E-state index in [-0.39, 0.29) is 37.8 Å². The molecule has 1 aliphatic rings. The summed E-state index contributed by atoms with van der Waals surface area (Å²) in [7, 11) is 0. The van der Waals surface area contributed by atoms with Crippen molar-refractivity contribution in [1.82, 2.24) is 24.9 Å². The second-order valence-electron chi connectivity index (χ2n) is 9.22. The van der Waals surface area contributed by atoms with Gasteiger partial charge < -0.3 is 31.3 Å². The summed E-state index contributed by atoms with van der Waals surface area (Å²) < 4.78 is 0. The zero-order valence-corrected chi connectivity index (χ0v) is 24.7. The van der Waals surface area contributed by atoms with E-state index in [9.17, 15) is 29.4 Å². The fourth-order valence-electron chi connectivity index (χ4n) is 3.93. The van der Waals surface area contributed by atoms with Crippen LogP contribution >= 0.6 is 0 Å². The number of carboxylic acid groups (broad SMARTS) is 3. The summed E-state index contributed by atoms with van der Waals surface area (Å²) in [5.74, 6) is -1.96. The lowest BCUT2D eigenvalue weighted by Crippen LogP contribution is -2.49. The van der Waals surface area contributed by atoms with E-state index in [1.807, 2.05) is 23.6 Å². The van der Waals surface area contributed by atoms with Crippen molar-refractivity contribution in [1.29, 1.82) is 0 Å². The Kier molecular flexibility index (Phi) is 25.0. The number of carbonyl (C=O) groups is 5. The Morgan fingerprint density at radius 2 is 1.18 bits per heavy atom. The number of nitrogens with zero attached hydrogens (tertiary/aromatic N) is 4. The number of carbonyl (C=O) groups excluding carboxylic acids is 2. The maximum absolute atomic E-state index is 12.5. The van der Waals surface area contributed by atoms with Gasteiger partial charge in [-0.15, -0.1) is 0 Å². The molecule has 1 fully saturated rings. The first-order chi connectivity index (χ1) is 19.0. The summed E-state index contributed by atoms with van der Waals surface area (Å²) in [6.45, 7) is 13.2. The van der Waals surface area contributed by atoms with E-state index in [2.05, 4.69) is 17.1 Å². The topological polar surface area (TPSA) is 197 Å². The zero-order chi connectivity index (χ0) is 30.9. The third kappa shape index (κ3) is 22.2. The Balaban J connectivity index is 0. The highest BCUT2D eigenvalue weighted by Crippen LogP contribution is 2.02. The van der Waals surface area contributed by atoms with Gasteiger partial charge in [0.15, 0.2) is 0 Å². The molecule has 0 radical (unpaired) electrons. The molecular weight excluding hydrogens is 524 g/mol. The smallest absolute Gasteiger partial charge is 0.317 e. The Labute approximate surface area is 238 Å². The van der Waals surface area contributed by atoms with Crippen LogP contribution in [0.5, 0.6) is 0 Å². The third-order valence-corrected chi connectivity index (χ3v) is 6.25. The van der Waals surface area contributed by atoms with Crippen molar-refractivity contribution in [3.8, 4) is 0 Å². The second kappa shape index (κ2) is 25.3. The molecule has 40 heavy (non-hydrogen) atoms. The minimum absolute atomic E-state index is 0.0306. The second-order valence-corrected chi connectivity index (χ2v) is 9.22. The summed E-state index contributed by atoms with van der Waals surface area (Å²) >= 11 is 0. The number of carboxylic acids is 2. The van der Waals surface area contributed by atoms with E-state index < -0.39 is 18.0 Å². The third-order valence-electron chi connectivity index (χ3n) is 6.25. The van der Waals surface area contributed by atoms with E-state index in [1.165, 1.54) is 6.92 Å². The lowest BCUT2D eigenvalue weighted by atomic mass is 10.1. The normalized spacial score (nSPS) is 16.9. The molecular formula is C26H52N6O8. The van der Waals surface area contributed by atoms with Gasteiger partial charge in [0.1, 0.15) is 5.78 Å². The van der Waals surface area contributed by atoms with Gasteiger partial charge in [-0.3, -0.25) is 38.7 Å². The van der Waals surface area contributed by atoms with E-state index in [0.29, 0.717) is 58.8 Å². The van der Waals surface area contributed by atoms with Crippen LogP contribution in [0.15, 0.2) is 0 Å². The van der Waals surface area contributed by atoms with Crippen molar-refractivity contribution >= 4 is 30.1 Å². The fourth-order valence-corrected chi connectivity index (χ4v) is 3.93. The number of likely N-dealkylation sites (N-methyl/N-ethyl adjacent to an activating group) is 1. The van der Waals surface area contributed by atoms with Gasteiger partial charge in [0, 0.05) is 58.9 Å². The summed E-state index contributed by atoms with van der Waals surface area (Å²) in [6.07, 6.45) is 2.11. The van der Waals surface area contributed by atoms with Gasteiger partial charge in [0.25, 0.3) is 6.47 Å². The SMILES string of the molecule is CC.CCN1CCN(CC(=O)O)CCN(CC(=O)O)CCN(CC(=O)NCCCCC(N)C(C)=O)CC1.O=CO. The van der Waals surface area contributed by atoms with Crippen LogP contribution in [-0.2, 0) is 24.0 Å². The molecule has 0 aliphatic carbocycles. The number of unbranched alkanes of at least 4 members (excludes halogenated alkanes) is 1. The van der Waals surface area contributed by atoms with Crippen molar-refractivity contribution in [2.75, 3.05) is 85.1 Å². The van der Waals surface area contributed by atoms with Gasteiger partial charge >= 0.3 is 11.9 Å². The van der Waals surface area contributed by atoms with Gasteiger partial charge in [0.2, 0.25) is 5.91 Å². The molecule has 0 bridgehead atoms. The molecule has 0 spiro atoms. The van der Waals surface area contributed by atoms with Crippen LogP contribution in [0.4, 0.5) is 0 Å². The van der Waals surface area contributed by atoms with Crippen LogP contribution in [-0.4, -0.2) is 156 Å². The Hall–Kier alpha value is -2.65. The molecule has 1 saturated heterocycles. The molecule has 0 aromatic heterocycles. The number of hydrogen-bond donors (Lipinski definition) is 5. The maximum atomic E-state index is 12.5. The predicted molar refractivity (Wildman–Crippen MR) is 152 cm³/mol. The summed E-state index contributed by atoms with van der Waals surface area (Å²) in [5, 5.41) is 28.3. The fraction of sp³-hybridized carbons (Fsp3) is 0.808. The Morgan fingerprint density at radius 1 is 0.800 bits per heavy atom. The first-order valence-corrected chi connectivity index (χ1v) is 14.0. The van der Waals surface area contributed by atoms with E-state index >= 15 is 0 Å². The van der Waals surface area contributed by atoms with Crippen molar-refractivity contribution in [2.24, 2.45) is 5.73 Å². The average molecular weight is 577 g/mol. The highest BCUT2D eigenvalue weighted by molar-refractivity contribution is 5.81. The number of ketones is 1. The Bertz CT molecular complexity index is 727. The lowest BCUT2D eigenvalue weighted by Gasteiger charge is -2.33. The number of rotatable bonds is 13. The van der Waals surface area contributed by atoms with Crippen molar-refractivity contribution in [3.05, 3.63) is 0 Å². The van der Waals surface area contributed by atoms with Crippen LogP contribution in [0.1, 0.15) is 47.0 Å². The van der Waals surface area contributed by atoms with Gasteiger partial charge in [-0.1, -0.05) is 20.8 Å². The Morgan fingerprint density at radius 3 is 1.52 bits per heavy atom. The van der Waals surface area contributed by atoms with Crippen LogP contribution in [0.3, 0.4) is 0 Å². The number of aliphatic carboxylic acids is 2. The molecule has 1 amide bonds.